The number of aromatic nitrogens is 1. The minimum absolute atomic E-state index is 0.0648. The average molecular weight is 199 g/mol. The largest absolute Gasteiger partial charge is 0.497 e. The Morgan fingerprint density at radius 2 is 2.21 bits per heavy atom. The van der Waals surface area contributed by atoms with Crippen molar-refractivity contribution >= 4 is 0 Å². The standard InChI is InChI=1S/C6H6FNO.C4H8O/c1-9-5-2-3-8-6(7)4-5;5-4-2-1-3-4/h2-4H,1H3;4-5H,1-3H2. The minimum atomic E-state index is -0.519. The van der Waals surface area contributed by atoms with Crippen LogP contribution < -0.4 is 4.74 Å². The van der Waals surface area contributed by atoms with Crippen molar-refractivity contribution < 1.29 is 14.2 Å². The Morgan fingerprint density at radius 3 is 2.50 bits per heavy atom. The summed E-state index contributed by atoms with van der Waals surface area (Å²) in [6.07, 6.45) is 4.74. The summed E-state index contributed by atoms with van der Waals surface area (Å²) in [7, 11) is 1.48. The Labute approximate surface area is 82.5 Å². The molecule has 0 bridgehead atoms. The van der Waals surface area contributed by atoms with Crippen LogP contribution in [0.1, 0.15) is 19.3 Å². The van der Waals surface area contributed by atoms with Crippen LogP contribution in [0.4, 0.5) is 4.39 Å². The smallest absolute Gasteiger partial charge is 0.216 e. The summed E-state index contributed by atoms with van der Waals surface area (Å²) in [4.78, 5) is 3.34. The third-order valence-electron chi connectivity index (χ3n) is 2.01. The zero-order valence-corrected chi connectivity index (χ0v) is 8.11. The van der Waals surface area contributed by atoms with Crippen LogP contribution in [0.25, 0.3) is 0 Å². The van der Waals surface area contributed by atoms with Crippen molar-refractivity contribution in [1.82, 2.24) is 4.98 Å². The van der Waals surface area contributed by atoms with Crippen molar-refractivity contribution in [2.24, 2.45) is 0 Å². The molecule has 0 aromatic carbocycles. The summed E-state index contributed by atoms with van der Waals surface area (Å²) in [5.74, 6) is -0.0307. The van der Waals surface area contributed by atoms with Gasteiger partial charge in [-0.2, -0.15) is 4.39 Å². The second-order valence-corrected chi connectivity index (χ2v) is 3.10. The SMILES string of the molecule is COc1ccnc(F)c1.OC1CCC1. The number of aliphatic hydroxyl groups excluding tert-OH is 1. The van der Waals surface area contributed by atoms with Gasteiger partial charge in [0.15, 0.2) is 0 Å². The molecule has 1 N–H and O–H groups in total. The van der Waals surface area contributed by atoms with Crippen LogP contribution in [0.2, 0.25) is 0 Å². The minimum Gasteiger partial charge on any atom is -0.497 e. The van der Waals surface area contributed by atoms with E-state index in [0.717, 1.165) is 12.8 Å². The van der Waals surface area contributed by atoms with Gasteiger partial charge in [0.2, 0.25) is 5.95 Å². The molecule has 0 atom stereocenters. The number of pyridine rings is 1. The Morgan fingerprint density at radius 1 is 1.57 bits per heavy atom. The van der Waals surface area contributed by atoms with Gasteiger partial charge in [-0.3, -0.25) is 0 Å². The van der Waals surface area contributed by atoms with Crippen LogP contribution >= 0.6 is 0 Å². The van der Waals surface area contributed by atoms with E-state index in [2.05, 4.69) is 4.98 Å². The Hall–Kier alpha value is -1.16. The van der Waals surface area contributed by atoms with E-state index in [1.807, 2.05) is 0 Å². The fraction of sp³-hybridized carbons (Fsp3) is 0.500. The van der Waals surface area contributed by atoms with E-state index < -0.39 is 5.95 Å². The van der Waals surface area contributed by atoms with Crippen LogP contribution in [0.3, 0.4) is 0 Å². The van der Waals surface area contributed by atoms with E-state index >= 15 is 0 Å². The average Bonchev–Trinajstić information content (AvgIpc) is 2.16. The summed E-state index contributed by atoms with van der Waals surface area (Å²) in [6, 6.07) is 2.81. The lowest BCUT2D eigenvalue weighted by molar-refractivity contribution is 0.0950. The first-order valence-electron chi connectivity index (χ1n) is 4.56. The number of halogens is 1. The van der Waals surface area contributed by atoms with Crippen molar-refractivity contribution in [3.05, 3.63) is 24.3 Å². The quantitative estimate of drug-likeness (QED) is 0.701. The Balaban J connectivity index is 0.000000165. The number of ether oxygens (including phenoxy) is 1. The molecule has 1 fully saturated rings. The van der Waals surface area contributed by atoms with Gasteiger partial charge in [-0.25, -0.2) is 4.98 Å². The maximum Gasteiger partial charge on any atom is 0.216 e. The second-order valence-electron chi connectivity index (χ2n) is 3.10. The van der Waals surface area contributed by atoms with Gasteiger partial charge in [-0.1, -0.05) is 0 Å². The molecule has 78 valence electrons. The fourth-order valence-electron chi connectivity index (χ4n) is 0.898. The molecule has 1 aromatic rings. The lowest BCUT2D eigenvalue weighted by atomic mass is 9.97. The van der Waals surface area contributed by atoms with Crippen LogP contribution in [0.5, 0.6) is 5.75 Å². The fourth-order valence-corrected chi connectivity index (χ4v) is 0.898. The van der Waals surface area contributed by atoms with Gasteiger partial charge in [-0.05, 0) is 25.3 Å². The van der Waals surface area contributed by atoms with Gasteiger partial charge >= 0.3 is 0 Å². The Kier molecular flexibility index (Phi) is 4.32. The third kappa shape index (κ3) is 3.70. The van der Waals surface area contributed by atoms with E-state index in [1.54, 1.807) is 6.07 Å². The number of hydrogen-bond acceptors (Lipinski definition) is 3. The molecule has 0 radical (unpaired) electrons. The molecule has 0 amide bonds. The van der Waals surface area contributed by atoms with Gasteiger partial charge in [0, 0.05) is 12.3 Å². The molecule has 3 nitrogen and oxygen atoms in total. The normalized spacial score (nSPS) is 15.1. The monoisotopic (exact) mass is 199 g/mol. The molecule has 14 heavy (non-hydrogen) atoms. The lowest BCUT2D eigenvalue weighted by Crippen LogP contribution is -2.15. The molecule has 1 aliphatic carbocycles. The Bertz CT molecular complexity index is 277. The van der Waals surface area contributed by atoms with E-state index in [9.17, 15) is 4.39 Å². The highest BCUT2D eigenvalue weighted by atomic mass is 19.1. The highest BCUT2D eigenvalue weighted by Gasteiger charge is 2.11. The molecule has 1 aromatic heterocycles. The number of rotatable bonds is 1. The van der Waals surface area contributed by atoms with Gasteiger partial charge < -0.3 is 9.84 Å². The van der Waals surface area contributed by atoms with Crippen molar-refractivity contribution in [1.29, 1.82) is 0 Å². The summed E-state index contributed by atoms with van der Waals surface area (Å²) < 4.78 is 16.9. The van der Waals surface area contributed by atoms with Crippen LogP contribution in [0, 0.1) is 5.95 Å². The molecule has 0 aliphatic heterocycles. The van der Waals surface area contributed by atoms with Gasteiger partial charge in [0.1, 0.15) is 5.75 Å². The zero-order valence-electron chi connectivity index (χ0n) is 8.11. The van der Waals surface area contributed by atoms with Crippen molar-refractivity contribution in [3.63, 3.8) is 0 Å². The van der Waals surface area contributed by atoms with Gasteiger partial charge in [-0.15, -0.1) is 0 Å². The number of hydrogen-bond donors (Lipinski definition) is 1. The second kappa shape index (κ2) is 5.54. The molecule has 1 aliphatic rings. The topological polar surface area (TPSA) is 42.4 Å². The predicted molar refractivity (Wildman–Crippen MR) is 50.6 cm³/mol. The maximum atomic E-state index is 12.2. The first-order chi connectivity index (χ1) is 6.72. The molecular formula is C10H14FNO2. The molecule has 1 saturated carbocycles. The molecule has 4 heteroatoms. The zero-order chi connectivity index (χ0) is 10.4. The molecule has 2 rings (SSSR count). The lowest BCUT2D eigenvalue weighted by Gasteiger charge is -2.17. The predicted octanol–water partition coefficient (Wildman–Crippen LogP) is 1.76. The number of methoxy groups -OCH3 is 1. The van der Waals surface area contributed by atoms with Crippen LogP contribution in [-0.2, 0) is 0 Å². The molecule has 0 unspecified atom stereocenters. The highest BCUT2D eigenvalue weighted by molar-refractivity contribution is 5.17. The first-order valence-corrected chi connectivity index (χ1v) is 4.56. The van der Waals surface area contributed by atoms with Crippen molar-refractivity contribution in [2.75, 3.05) is 7.11 Å². The van der Waals surface area contributed by atoms with Crippen molar-refractivity contribution in [2.45, 2.75) is 25.4 Å². The third-order valence-corrected chi connectivity index (χ3v) is 2.01. The number of aliphatic hydroxyl groups is 1. The maximum absolute atomic E-state index is 12.2. The first kappa shape index (κ1) is 10.9. The molecule has 1 heterocycles. The van der Waals surface area contributed by atoms with Crippen LogP contribution in [-0.4, -0.2) is 23.3 Å². The van der Waals surface area contributed by atoms with Gasteiger partial charge in [0.25, 0.3) is 0 Å². The van der Waals surface area contributed by atoms with E-state index in [-0.39, 0.29) is 6.10 Å². The summed E-state index contributed by atoms with van der Waals surface area (Å²) in [5.41, 5.74) is 0. The molecule has 0 spiro atoms. The molecular weight excluding hydrogens is 185 g/mol. The van der Waals surface area contributed by atoms with Gasteiger partial charge in [0.05, 0.1) is 13.2 Å². The summed E-state index contributed by atoms with van der Waals surface area (Å²) >= 11 is 0. The van der Waals surface area contributed by atoms with E-state index in [0.29, 0.717) is 5.75 Å². The summed E-state index contributed by atoms with van der Waals surface area (Å²) in [5, 5.41) is 8.45. The van der Waals surface area contributed by atoms with E-state index in [1.165, 1.54) is 25.8 Å². The van der Waals surface area contributed by atoms with Crippen molar-refractivity contribution in [3.8, 4) is 5.75 Å². The highest BCUT2D eigenvalue weighted by Crippen LogP contribution is 2.16. The van der Waals surface area contributed by atoms with E-state index in [4.69, 9.17) is 9.84 Å². The molecule has 0 saturated heterocycles. The summed E-state index contributed by atoms with van der Waals surface area (Å²) in [6.45, 7) is 0. The van der Waals surface area contributed by atoms with Crippen LogP contribution in [0.15, 0.2) is 18.3 Å². The number of nitrogens with zero attached hydrogens (tertiary/aromatic N) is 1.